The first-order chi connectivity index (χ1) is 12.8. The lowest BCUT2D eigenvalue weighted by Gasteiger charge is -2.31. The van der Waals surface area contributed by atoms with Gasteiger partial charge in [-0.1, -0.05) is 41.9 Å². The van der Waals surface area contributed by atoms with Crippen LogP contribution in [0.15, 0.2) is 48.5 Å². The molecule has 7 heteroatoms. The molecular formula is C20H23ClN2O3S. The van der Waals surface area contributed by atoms with Crippen molar-refractivity contribution in [2.75, 3.05) is 10.6 Å². The maximum Gasteiger partial charge on any atom is 0.244 e. The van der Waals surface area contributed by atoms with E-state index in [1.54, 1.807) is 31.2 Å². The van der Waals surface area contributed by atoms with Gasteiger partial charge in [-0.25, -0.2) is 8.42 Å². The minimum Gasteiger partial charge on any atom is -0.347 e. The fraction of sp³-hybridized carbons (Fsp3) is 0.350. The van der Waals surface area contributed by atoms with Crippen LogP contribution in [-0.4, -0.2) is 26.6 Å². The van der Waals surface area contributed by atoms with Crippen LogP contribution in [-0.2, 0) is 21.2 Å². The number of fused-ring (bicyclic) bond motifs is 1. The van der Waals surface area contributed by atoms with Gasteiger partial charge in [0.15, 0.2) is 0 Å². The van der Waals surface area contributed by atoms with Crippen molar-refractivity contribution in [3.8, 4) is 0 Å². The average Bonchev–Trinajstić information content (AvgIpc) is 2.61. The van der Waals surface area contributed by atoms with Gasteiger partial charge in [0.05, 0.1) is 18.0 Å². The number of nitrogens with one attached hydrogen (secondary N) is 1. The summed E-state index contributed by atoms with van der Waals surface area (Å²) in [5.74, 6) is -0.331. The smallest absolute Gasteiger partial charge is 0.244 e. The minimum absolute atomic E-state index is 0.106. The Bertz CT molecular complexity index is 946. The highest BCUT2D eigenvalue weighted by atomic mass is 35.5. The summed E-state index contributed by atoms with van der Waals surface area (Å²) in [4.78, 5) is 12.9. The number of hydrogen-bond donors (Lipinski definition) is 1. The molecule has 0 radical (unpaired) electrons. The molecule has 2 aromatic carbocycles. The molecule has 3 rings (SSSR count). The number of benzene rings is 2. The number of hydrogen-bond acceptors (Lipinski definition) is 3. The van der Waals surface area contributed by atoms with Crippen molar-refractivity contribution in [2.24, 2.45) is 0 Å². The van der Waals surface area contributed by atoms with Crippen LogP contribution in [0.5, 0.6) is 0 Å². The summed E-state index contributed by atoms with van der Waals surface area (Å²) in [5.41, 5.74) is 2.71. The number of sulfonamides is 1. The Morgan fingerprint density at radius 1 is 1.22 bits per heavy atom. The van der Waals surface area contributed by atoms with E-state index >= 15 is 0 Å². The number of nitrogens with zero attached hydrogens (tertiary/aromatic N) is 1. The molecule has 0 fully saturated rings. The molecular weight excluding hydrogens is 384 g/mol. The molecule has 0 aliphatic heterocycles. The monoisotopic (exact) mass is 406 g/mol. The van der Waals surface area contributed by atoms with Crippen LogP contribution in [0.2, 0.25) is 5.02 Å². The van der Waals surface area contributed by atoms with Crippen LogP contribution in [0.4, 0.5) is 5.69 Å². The first-order valence-corrected chi connectivity index (χ1v) is 11.1. The molecule has 5 nitrogen and oxygen atoms in total. The summed E-state index contributed by atoms with van der Waals surface area (Å²) in [6.45, 7) is 1.59. The van der Waals surface area contributed by atoms with E-state index in [0.717, 1.165) is 35.4 Å². The second-order valence-corrected chi connectivity index (χ2v) is 9.16. The van der Waals surface area contributed by atoms with E-state index in [2.05, 4.69) is 11.4 Å². The molecule has 0 heterocycles. The summed E-state index contributed by atoms with van der Waals surface area (Å²) in [5, 5.41) is 3.45. The van der Waals surface area contributed by atoms with Crippen molar-refractivity contribution in [1.82, 2.24) is 5.32 Å². The van der Waals surface area contributed by atoms with Crippen LogP contribution in [0, 0.1) is 0 Å². The fourth-order valence-electron chi connectivity index (χ4n) is 3.62. The molecule has 0 spiro atoms. The zero-order chi connectivity index (χ0) is 19.6. The molecule has 0 unspecified atom stereocenters. The molecule has 27 heavy (non-hydrogen) atoms. The standard InChI is InChI=1S/C20H23ClN2O3S/c1-14(23(27(2,25)26)17-10-6-9-16(21)13-17)20(24)22-19-12-5-8-15-7-3-4-11-18(15)19/h3-4,6-7,9-11,13-14,19H,5,8,12H2,1-2H3,(H,22,24)/t14-,19-/m0/s1. The van der Waals surface area contributed by atoms with Gasteiger partial charge in [-0.15, -0.1) is 0 Å². The maximum atomic E-state index is 12.9. The zero-order valence-electron chi connectivity index (χ0n) is 15.4. The molecule has 2 aromatic rings. The first-order valence-electron chi connectivity index (χ1n) is 8.90. The number of carbonyl (C=O) groups excluding carboxylic acids is 1. The molecule has 0 bridgehead atoms. The zero-order valence-corrected chi connectivity index (χ0v) is 16.9. The summed E-state index contributed by atoms with van der Waals surface area (Å²) in [6.07, 6.45) is 3.91. The average molecular weight is 407 g/mol. The number of carbonyl (C=O) groups is 1. The molecule has 0 aromatic heterocycles. The lowest BCUT2D eigenvalue weighted by Crippen LogP contribution is -2.49. The fourth-order valence-corrected chi connectivity index (χ4v) is 4.97. The molecule has 144 valence electrons. The van der Waals surface area contributed by atoms with Gasteiger partial charge in [0.1, 0.15) is 6.04 Å². The Balaban J connectivity index is 1.85. The second-order valence-electron chi connectivity index (χ2n) is 6.87. The van der Waals surface area contributed by atoms with Gasteiger partial charge < -0.3 is 5.32 Å². The van der Waals surface area contributed by atoms with Crippen LogP contribution in [0.1, 0.15) is 36.9 Å². The van der Waals surface area contributed by atoms with Crippen molar-refractivity contribution in [2.45, 2.75) is 38.3 Å². The molecule has 1 aliphatic rings. The number of aryl methyl sites for hydroxylation is 1. The van der Waals surface area contributed by atoms with Gasteiger partial charge in [-0.05, 0) is 55.5 Å². The maximum absolute atomic E-state index is 12.9. The highest BCUT2D eigenvalue weighted by molar-refractivity contribution is 7.92. The summed E-state index contributed by atoms with van der Waals surface area (Å²) in [6, 6.07) is 13.6. The van der Waals surface area contributed by atoms with E-state index in [0.29, 0.717) is 10.7 Å². The number of amides is 1. The van der Waals surface area contributed by atoms with Gasteiger partial charge in [-0.2, -0.15) is 0 Å². The third kappa shape index (κ3) is 4.45. The Labute approximate surface area is 165 Å². The number of anilines is 1. The van der Waals surface area contributed by atoms with Crippen LogP contribution < -0.4 is 9.62 Å². The highest BCUT2D eigenvalue weighted by Gasteiger charge is 2.31. The van der Waals surface area contributed by atoms with Gasteiger partial charge >= 0.3 is 0 Å². The number of halogens is 1. The molecule has 0 saturated carbocycles. The molecule has 2 atom stereocenters. The third-order valence-electron chi connectivity index (χ3n) is 4.84. The first kappa shape index (κ1) is 19.7. The molecule has 1 aliphatic carbocycles. The van der Waals surface area contributed by atoms with E-state index in [1.165, 1.54) is 5.56 Å². The summed E-state index contributed by atoms with van der Waals surface area (Å²) in [7, 11) is -3.67. The van der Waals surface area contributed by atoms with Crippen molar-refractivity contribution >= 4 is 33.2 Å². The van der Waals surface area contributed by atoms with E-state index < -0.39 is 16.1 Å². The Morgan fingerprint density at radius 2 is 1.96 bits per heavy atom. The lowest BCUT2D eigenvalue weighted by molar-refractivity contribution is -0.122. The van der Waals surface area contributed by atoms with Crippen molar-refractivity contribution in [1.29, 1.82) is 0 Å². The minimum atomic E-state index is -3.67. The third-order valence-corrected chi connectivity index (χ3v) is 6.31. The van der Waals surface area contributed by atoms with E-state index in [-0.39, 0.29) is 11.9 Å². The SMILES string of the molecule is C[C@@H](C(=O)N[C@H]1CCCc2ccccc21)N(c1cccc(Cl)c1)S(C)(=O)=O. The highest BCUT2D eigenvalue weighted by Crippen LogP contribution is 2.30. The van der Waals surface area contributed by atoms with Gasteiger partial charge in [-0.3, -0.25) is 9.10 Å². The molecule has 0 saturated heterocycles. The molecule has 1 amide bonds. The van der Waals surface area contributed by atoms with E-state index in [4.69, 9.17) is 11.6 Å². The van der Waals surface area contributed by atoms with Gasteiger partial charge in [0.2, 0.25) is 15.9 Å². The molecule has 1 N–H and O–H groups in total. The lowest BCUT2D eigenvalue weighted by atomic mass is 9.87. The second kappa shape index (κ2) is 7.90. The summed E-state index contributed by atoms with van der Waals surface area (Å²) < 4.78 is 25.9. The van der Waals surface area contributed by atoms with E-state index in [1.807, 2.05) is 18.2 Å². The van der Waals surface area contributed by atoms with Crippen LogP contribution >= 0.6 is 11.6 Å². The van der Waals surface area contributed by atoms with Crippen molar-refractivity contribution in [3.05, 3.63) is 64.7 Å². The van der Waals surface area contributed by atoms with Gasteiger partial charge in [0, 0.05) is 5.02 Å². The van der Waals surface area contributed by atoms with Crippen LogP contribution in [0.25, 0.3) is 0 Å². The van der Waals surface area contributed by atoms with E-state index in [9.17, 15) is 13.2 Å². The predicted molar refractivity (Wildman–Crippen MR) is 109 cm³/mol. The predicted octanol–water partition coefficient (Wildman–Crippen LogP) is 3.69. The Hall–Kier alpha value is -2.05. The largest absolute Gasteiger partial charge is 0.347 e. The van der Waals surface area contributed by atoms with Crippen molar-refractivity contribution < 1.29 is 13.2 Å². The Morgan fingerprint density at radius 3 is 2.67 bits per heavy atom. The normalized spacial score (nSPS) is 17.7. The summed E-state index contributed by atoms with van der Waals surface area (Å²) >= 11 is 6.01. The topological polar surface area (TPSA) is 66.5 Å². The quantitative estimate of drug-likeness (QED) is 0.823. The van der Waals surface area contributed by atoms with Gasteiger partial charge in [0.25, 0.3) is 0 Å². The van der Waals surface area contributed by atoms with Crippen molar-refractivity contribution in [3.63, 3.8) is 0 Å². The Kier molecular flexibility index (Phi) is 5.77. The van der Waals surface area contributed by atoms with Crippen LogP contribution in [0.3, 0.4) is 0 Å². The number of rotatable bonds is 5.